The maximum absolute atomic E-state index is 12.9. The van der Waals surface area contributed by atoms with Gasteiger partial charge in [0.15, 0.2) is 17.0 Å². The Hall–Kier alpha value is -7.12. The molecule has 60 heavy (non-hydrogen) atoms. The van der Waals surface area contributed by atoms with Gasteiger partial charge in [0.2, 0.25) is 23.7 Å². The van der Waals surface area contributed by atoms with Crippen LogP contribution in [0.1, 0.15) is 81.9 Å². The number of anilines is 4. The third kappa shape index (κ3) is 13.5. The molecule has 4 aromatic rings. The van der Waals surface area contributed by atoms with Crippen molar-refractivity contribution in [2.75, 3.05) is 35.8 Å². The van der Waals surface area contributed by atoms with Gasteiger partial charge in [-0.2, -0.15) is 9.97 Å². The number of nitrogens with zero attached hydrogens (tertiary/aromatic N) is 4. The lowest BCUT2D eigenvalue weighted by Gasteiger charge is -2.26. The van der Waals surface area contributed by atoms with E-state index in [1.807, 2.05) is 0 Å². The van der Waals surface area contributed by atoms with Crippen LogP contribution in [-0.2, 0) is 35.1 Å². The fourth-order valence-corrected chi connectivity index (χ4v) is 5.70. The topological polar surface area (TPSA) is 297 Å². The van der Waals surface area contributed by atoms with E-state index in [1.165, 1.54) is 25.4 Å². The van der Waals surface area contributed by atoms with Crippen LogP contribution in [0.5, 0.6) is 0 Å². The second-order valence-corrected chi connectivity index (χ2v) is 15.1. The van der Waals surface area contributed by atoms with Gasteiger partial charge in [-0.25, -0.2) is 14.8 Å². The number of nitrogens with one attached hydrogen (secondary N) is 6. The number of aromatic nitrogens is 4. The average molecular weight is 829 g/mol. The zero-order valence-corrected chi connectivity index (χ0v) is 34.5. The molecule has 0 unspecified atom stereocenters. The van der Waals surface area contributed by atoms with Crippen molar-refractivity contribution in [3.05, 3.63) is 71.5 Å². The first-order valence-corrected chi connectivity index (χ1v) is 19.1. The van der Waals surface area contributed by atoms with Crippen molar-refractivity contribution in [1.82, 2.24) is 41.4 Å². The van der Waals surface area contributed by atoms with Crippen LogP contribution in [0.2, 0.25) is 0 Å². The molecule has 320 valence electrons. The number of fused-ring (bicyclic) bond motifs is 1. The number of carbonyl (C=O) groups excluding carboxylic acids is 6. The number of carbonyl (C=O) groups is 6. The van der Waals surface area contributed by atoms with Crippen molar-refractivity contribution >= 4 is 70.0 Å². The Morgan fingerprint density at radius 3 is 2.12 bits per heavy atom. The molecule has 3 atom stereocenters. The Bertz CT molecular complexity index is 2180. The van der Waals surface area contributed by atoms with Gasteiger partial charge in [-0.05, 0) is 88.4 Å². The highest BCUT2D eigenvalue weighted by Crippen LogP contribution is 2.24. The van der Waals surface area contributed by atoms with Crippen LogP contribution in [0.4, 0.5) is 27.9 Å². The molecule has 0 spiro atoms. The van der Waals surface area contributed by atoms with Crippen LogP contribution in [0.15, 0.2) is 54.7 Å². The van der Waals surface area contributed by atoms with Crippen molar-refractivity contribution in [3.63, 3.8) is 0 Å². The number of hydrazine groups is 1. The van der Waals surface area contributed by atoms with E-state index in [1.54, 1.807) is 77.9 Å². The normalized spacial score (nSPS) is 12.7. The van der Waals surface area contributed by atoms with E-state index in [-0.39, 0.29) is 46.5 Å². The standard InChI is InChI=1S/C40H52N12O8/c1-21(2)30(48-39(58)60-40(4,5)6)36(56)45-22(3)34(54)47-26-16-14-25(15-17-26)43-18-8-9-28(37(57)59-7)23-10-12-24(13-11-23)35(55)52-51-29(53)19-27-20-44-33-31(46-27)32(41)49-38(42)50-33/h10-17,20-22,28,30,43H,8-9,18-19H2,1-7H3,(H,45,56)(H,47,54)(H,48,58)(H,51,53)(H,52,55)(H4,41,42,44,49,50)/t22-,28-,30-/m0/s1. The summed E-state index contributed by atoms with van der Waals surface area (Å²) >= 11 is 0. The summed E-state index contributed by atoms with van der Waals surface area (Å²) in [6, 6.07) is 11.5. The van der Waals surface area contributed by atoms with Gasteiger partial charge in [0, 0.05) is 23.5 Å². The van der Waals surface area contributed by atoms with E-state index in [0.29, 0.717) is 30.6 Å². The number of esters is 1. The number of ether oxygens (including phenoxy) is 2. The van der Waals surface area contributed by atoms with Crippen molar-refractivity contribution in [1.29, 1.82) is 0 Å². The summed E-state index contributed by atoms with van der Waals surface area (Å²) in [7, 11) is 1.31. The Labute approximate surface area is 346 Å². The fraction of sp³-hybridized carbons (Fsp3) is 0.400. The average Bonchev–Trinajstić information content (AvgIpc) is 3.18. The van der Waals surface area contributed by atoms with E-state index in [9.17, 15) is 28.8 Å². The minimum atomic E-state index is -0.907. The summed E-state index contributed by atoms with van der Waals surface area (Å²) < 4.78 is 10.3. The van der Waals surface area contributed by atoms with Crippen LogP contribution in [0.3, 0.4) is 0 Å². The molecule has 0 fully saturated rings. The number of nitrogen functional groups attached to an aromatic ring is 2. The summed E-state index contributed by atoms with van der Waals surface area (Å²) in [5.41, 5.74) is 18.2. The summed E-state index contributed by atoms with van der Waals surface area (Å²) in [5, 5.41) is 11.3. The number of nitrogens with two attached hydrogens (primary N) is 2. The van der Waals surface area contributed by atoms with Crippen LogP contribution in [0.25, 0.3) is 11.2 Å². The largest absolute Gasteiger partial charge is 0.469 e. The van der Waals surface area contributed by atoms with E-state index in [4.69, 9.17) is 20.9 Å². The molecule has 20 heteroatoms. The molecular formula is C40H52N12O8. The lowest BCUT2D eigenvalue weighted by Crippen LogP contribution is -2.54. The fourth-order valence-electron chi connectivity index (χ4n) is 5.70. The molecule has 2 aromatic carbocycles. The van der Waals surface area contributed by atoms with Gasteiger partial charge < -0.3 is 42.2 Å². The Morgan fingerprint density at radius 2 is 1.48 bits per heavy atom. The highest BCUT2D eigenvalue weighted by molar-refractivity contribution is 5.98. The SMILES string of the molecule is COC(=O)[C@@H](CCCNc1ccc(NC(=O)[C@H](C)NC(=O)[C@@H](NC(=O)OC(C)(C)C)C(C)C)cc1)c1ccc(C(=O)NNC(=O)Cc2cnc3nc(N)nc(N)c3n2)cc1. The number of hydrogen-bond donors (Lipinski definition) is 8. The van der Waals surface area contributed by atoms with E-state index >= 15 is 0 Å². The van der Waals surface area contributed by atoms with Crippen LogP contribution >= 0.6 is 0 Å². The van der Waals surface area contributed by atoms with Gasteiger partial charge in [0.05, 0.1) is 31.3 Å². The predicted molar refractivity (Wildman–Crippen MR) is 223 cm³/mol. The first-order chi connectivity index (χ1) is 28.3. The lowest BCUT2D eigenvalue weighted by molar-refractivity contribution is -0.142. The predicted octanol–water partition coefficient (Wildman–Crippen LogP) is 2.73. The molecule has 0 aliphatic carbocycles. The molecule has 5 amide bonds. The molecule has 0 saturated carbocycles. The summed E-state index contributed by atoms with van der Waals surface area (Å²) in [4.78, 5) is 92.2. The zero-order valence-electron chi connectivity index (χ0n) is 34.5. The van der Waals surface area contributed by atoms with Gasteiger partial charge in [0.25, 0.3) is 5.91 Å². The Morgan fingerprint density at radius 1 is 0.817 bits per heavy atom. The van der Waals surface area contributed by atoms with E-state index in [2.05, 4.69) is 52.1 Å². The lowest BCUT2D eigenvalue weighted by atomic mass is 9.93. The number of alkyl carbamates (subject to hydrolysis) is 1. The van der Waals surface area contributed by atoms with Crippen molar-refractivity contribution < 1.29 is 38.2 Å². The molecule has 0 radical (unpaired) electrons. The Balaban J connectivity index is 1.22. The molecule has 0 aliphatic heterocycles. The Kier molecular flexibility index (Phi) is 15.6. The maximum atomic E-state index is 12.9. The minimum absolute atomic E-state index is 0.0221. The summed E-state index contributed by atoms with van der Waals surface area (Å²) in [5.74, 6) is -3.44. The van der Waals surface area contributed by atoms with Gasteiger partial charge >= 0.3 is 12.1 Å². The number of hydrogen-bond acceptors (Lipinski definition) is 15. The van der Waals surface area contributed by atoms with Crippen molar-refractivity contribution in [2.24, 2.45) is 5.92 Å². The smallest absolute Gasteiger partial charge is 0.408 e. The molecule has 0 bridgehead atoms. The van der Waals surface area contributed by atoms with Crippen LogP contribution < -0.4 is 43.6 Å². The molecule has 4 rings (SSSR count). The van der Waals surface area contributed by atoms with E-state index in [0.717, 1.165) is 5.69 Å². The van der Waals surface area contributed by atoms with Gasteiger partial charge in [0.1, 0.15) is 17.7 Å². The third-order valence-electron chi connectivity index (χ3n) is 8.74. The molecule has 10 N–H and O–H groups in total. The molecule has 2 aromatic heterocycles. The first kappa shape index (κ1) is 45.6. The maximum Gasteiger partial charge on any atom is 0.408 e. The van der Waals surface area contributed by atoms with Gasteiger partial charge in [-0.15, -0.1) is 0 Å². The third-order valence-corrected chi connectivity index (χ3v) is 8.74. The number of methoxy groups -OCH3 is 1. The first-order valence-electron chi connectivity index (χ1n) is 19.1. The van der Waals surface area contributed by atoms with Crippen molar-refractivity contribution in [2.45, 2.75) is 84.4 Å². The summed E-state index contributed by atoms with van der Waals surface area (Å²) in [6.45, 7) is 10.8. The van der Waals surface area contributed by atoms with Crippen LogP contribution in [-0.4, -0.2) is 87.0 Å². The minimum Gasteiger partial charge on any atom is -0.469 e. The number of amides is 5. The van der Waals surface area contributed by atoms with Crippen LogP contribution in [0, 0.1) is 5.92 Å². The van der Waals surface area contributed by atoms with Gasteiger partial charge in [-0.1, -0.05) is 26.0 Å². The van der Waals surface area contributed by atoms with Gasteiger partial charge in [-0.3, -0.25) is 34.8 Å². The highest BCUT2D eigenvalue weighted by atomic mass is 16.6. The zero-order chi connectivity index (χ0) is 44.1. The molecular weight excluding hydrogens is 777 g/mol. The second kappa shape index (κ2) is 20.5. The highest BCUT2D eigenvalue weighted by Gasteiger charge is 2.29. The second-order valence-electron chi connectivity index (χ2n) is 15.1. The van der Waals surface area contributed by atoms with Crippen molar-refractivity contribution in [3.8, 4) is 0 Å². The number of rotatable bonds is 16. The quantitative estimate of drug-likeness (QED) is 0.0458. The monoisotopic (exact) mass is 828 g/mol. The molecule has 2 heterocycles. The molecule has 0 aliphatic rings. The van der Waals surface area contributed by atoms with E-state index < -0.39 is 59.3 Å². The molecule has 0 saturated heterocycles. The number of benzene rings is 2. The summed E-state index contributed by atoms with van der Waals surface area (Å²) in [6.07, 6.45) is 1.42. The molecule has 20 nitrogen and oxygen atoms in total.